The van der Waals surface area contributed by atoms with E-state index in [2.05, 4.69) is 29.6 Å². The van der Waals surface area contributed by atoms with Crippen molar-refractivity contribution in [2.45, 2.75) is 38.6 Å². The Morgan fingerprint density at radius 1 is 1.42 bits per heavy atom. The van der Waals surface area contributed by atoms with E-state index >= 15 is 0 Å². The first kappa shape index (κ1) is 13.8. The zero-order chi connectivity index (χ0) is 13.7. The minimum Gasteiger partial charge on any atom is -0.478 e. The van der Waals surface area contributed by atoms with Crippen LogP contribution in [-0.2, 0) is 17.6 Å². The first-order chi connectivity index (χ1) is 9.20. The molecule has 0 radical (unpaired) electrons. The summed E-state index contributed by atoms with van der Waals surface area (Å²) in [5.74, 6) is -0.807. The van der Waals surface area contributed by atoms with Crippen LogP contribution in [0.4, 0.5) is 0 Å². The Hall–Kier alpha value is -1.61. The molecule has 1 atom stereocenters. The van der Waals surface area contributed by atoms with Gasteiger partial charge in [-0.1, -0.05) is 37.3 Å². The predicted molar refractivity (Wildman–Crippen MR) is 76.3 cm³/mol. The zero-order valence-electron chi connectivity index (χ0n) is 11.4. The third kappa shape index (κ3) is 3.67. The number of aryl methyl sites for hydroxylation is 1. The maximum Gasteiger partial charge on any atom is 0.331 e. The van der Waals surface area contributed by atoms with E-state index in [-0.39, 0.29) is 0 Å². The fourth-order valence-electron chi connectivity index (χ4n) is 2.60. The van der Waals surface area contributed by atoms with Gasteiger partial charge in [0.15, 0.2) is 0 Å². The molecule has 0 aromatic heterocycles. The van der Waals surface area contributed by atoms with Crippen molar-refractivity contribution in [2.75, 3.05) is 6.54 Å². The molecule has 0 saturated heterocycles. The van der Waals surface area contributed by atoms with E-state index in [4.69, 9.17) is 5.11 Å². The SMILES string of the molecule is CC/C(=C/CNC1CCc2ccccc2C1)C(=O)O. The molecule has 1 aliphatic rings. The zero-order valence-corrected chi connectivity index (χ0v) is 11.4. The van der Waals surface area contributed by atoms with Gasteiger partial charge in [-0.2, -0.15) is 0 Å². The van der Waals surface area contributed by atoms with Gasteiger partial charge in [0, 0.05) is 18.2 Å². The minimum atomic E-state index is -0.807. The Morgan fingerprint density at radius 2 is 2.16 bits per heavy atom. The molecule has 0 amide bonds. The smallest absolute Gasteiger partial charge is 0.331 e. The van der Waals surface area contributed by atoms with Crippen molar-refractivity contribution in [3.05, 3.63) is 47.0 Å². The molecular weight excluding hydrogens is 238 g/mol. The Kier molecular flexibility index (Phi) is 4.74. The maximum atomic E-state index is 10.9. The van der Waals surface area contributed by atoms with Gasteiger partial charge >= 0.3 is 5.97 Å². The molecule has 0 spiro atoms. The lowest BCUT2D eigenvalue weighted by Crippen LogP contribution is -2.34. The van der Waals surface area contributed by atoms with Gasteiger partial charge in [-0.05, 0) is 36.8 Å². The number of hydrogen-bond acceptors (Lipinski definition) is 2. The van der Waals surface area contributed by atoms with E-state index in [1.165, 1.54) is 11.1 Å². The quantitative estimate of drug-likeness (QED) is 0.799. The standard InChI is InChI=1S/C16H21NO2/c1-2-12(16(18)19)9-10-17-15-8-7-13-5-3-4-6-14(13)11-15/h3-6,9,15,17H,2,7-8,10-11H2,1H3,(H,18,19)/b12-9-. The number of benzene rings is 1. The van der Waals surface area contributed by atoms with Crippen LogP contribution in [0, 0.1) is 0 Å². The van der Waals surface area contributed by atoms with E-state index in [9.17, 15) is 4.79 Å². The highest BCUT2D eigenvalue weighted by Gasteiger charge is 2.17. The molecule has 0 heterocycles. The summed E-state index contributed by atoms with van der Waals surface area (Å²) in [6, 6.07) is 9.02. The average Bonchev–Trinajstić information content (AvgIpc) is 2.43. The second kappa shape index (κ2) is 6.53. The van der Waals surface area contributed by atoms with E-state index in [1.807, 2.05) is 6.92 Å². The number of carbonyl (C=O) groups is 1. The van der Waals surface area contributed by atoms with Crippen molar-refractivity contribution in [1.29, 1.82) is 0 Å². The van der Waals surface area contributed by atoms with Crippen molar-refractivity contribution in [3.8, 4) is 0 Å². The lowest BCUT2D eigenvalue weighted by Gasteiger charge is -2.25. The number of carboxylic acid groups (broad SMARTS) is 1. The summed E-state index contributed by atoms with van der Waals surface area (Å²) in [5.41, 5.74) is 3.36. The molecule has 102 valence electrons. The van der Waals surface area contributed by atoms with Gasteiger partial charge in [0.05, 0.1) is 0 Å². The Bertz CT molecular complexity index is 479. The molecule has 0 fully saturated rings. The lowest BCUT2D eigenvalue weighted by molar-refractivity contribution is -0.132. The van der Waals surface area contributed by atoms with Gasteiger partial charge in [-0.3, -0.25) is 0 Å². The summed E-state index contributed by atoms with van der Waals surface area (Å²) in [4.78, 5) is 10.9. The van der Waals surface area contributed by atoms with Gasteiger partial charge in [0.1, 0.15) is 0 Å². The highest BCUT2D eigenvalue weighted by atomic mass is 16.4. The van der Waals surface area contributed by atoms with E-state index in [1.54, 1.807) is 6.08 Å². The van der Waals surface area contributed by atoms with Gasteiger partial charge < -0.3 is 10.4 Å². The number of rotatable bonds is 5. The van der Waals surface area contributed by atoms with Gasteiger partial charge in [-0.15, -0.1) is 0 Å². The molecule has 1 aliphatic carbocycles. The molecule has 3 nitrogen and oxygen atoms in total. The predicted octanol–water partition coefficient (Wildman–Crippen LogP) is 2.55. The van der Waals surface area contributed by atoms with Crippen LogP contribution in [0.5, 0.6) is 0 Å². The summed E-state index contributed by atoms with van der Waals surface area (Å²) in [5, 5.41) is 12.4. The van der Waals surface area contributed by atoms with Crippen LogP contribution in [-0.4, -0.2) is 23.7 Å². The van der Waals surface area contributed by atoms with Gasteiger partial charge in [-0.25, -0.2) is 4.79 Å². The monoisotopic (exact) mass is 259 g/mol. The van der Waals surface area contributed by atoms with Gasteiger partial charge in [0.25, 0.3) is 0 Å². The summed E-state index contributed by atoms with van der Waals surface area (Å²) in [6.45, 7) is 2.51. The van der Waals surface area contributed by atoms with Crippen molar-refractivity contribution >= 4 is 5.97 Å². The molecule has 0 saturated carbocycles. The number of fused-ring (bicyclic) bond motifs is 1. The van der Waals surface area contributed by atoms with E-state index < -0.39 is 5.97 Å². The summed E-state index contributed by atoms with van der Waals surface area (Å²) in [6.07, 6.45) is 5.64. The number of hydrogen-bond donors (Lipinski definition) is 2. The maximum absolute atomic E-state index is 10.9. The summed E-state index contributed by atoms with van der Waals surface area (Å²) >= 11 is 0. The van der Waals surface area contributed by atoms with Crippen molar-refractivity contribution in [3.63, 3.8) is 0 Å². The molecule has 2 N–H and O–H groups in total. The summed E-state index contributed by atoms with van der Waals surface area (Å²) < 4.78 is 0. The van der Waals surface area contributed by atoms with Crippen LogP contribution in [0.15, 0.2) is 35.9 Å². The first-order valence-electron chi connectivity index (χ1n) is 6.93. The molecule has 19 heavy (non-hydrogen) atoms. The van der Waals surface area contributed by atoms with Gasteiger partial charge in [0.2, 0.25) is 0 Å². The molecular formula is C16H21NO2. The molecule has 0 aliphatic heterocycles. The normalized spacial score (nSPS) is 19.0. The van der Waals surface area contributed by atoms with Crippen molar-refractivity contribution in [1.82, 2.24) is 5.32 Å². The Morgan fingerprint density at radius 3 is 2.84 bits per heavy atom. The van der Waals surface area contributed by atoms with Crippen LogP contribution >= 0.6 is 0 Å². The van der Waals surface area contributed by atoms with Crippen molar-refractivity contribution in [2.24, 2.45) is 0 Å². The summed E-state index contributed by atoms with van der Waals surface area (Å²) in [7, 11) is 0. The highest BCUT2D eigenvalue weighted by molar-refractivity contribution is 5.86. The molecule has 2 rings (SSSR count). The van der Waals surface area contributed by atoms with Crippen LogP contribution in [0.2, 0.25) is 0 Å². The Labute approximate surface area is 114 Å². The number of aliphatic carboxylic acids is 1. The minimum absolute atomic E-state index is 0.457. The molecule has 1 aromatic carbocycles. The third-order valence-corrected chi connectivity index (χ3v) is 3.76. The Balaban J connectivity index is 1.88. The molecule has 1 aromatic rings. The average molecular weight is 259 g/mol. The molecule has 0 bridgehead atoms. The molecule has 3 heteroatoms. The van der Waals surface area contributed by atoms with Crippen LogP contribution in [0.1, 0.15) is 30.9 Å². The fraction of sp³-hybridized carbons (Fsp3) is 0.438. The first-order valence-corrected chi connectivity index (χ1v) is 6.93. The van der Waals surface area contributed by atoms with E-state index in [0.717, 1.165) is 19.3 Å². The number of carboxylic acids is 1. The largest absolute Gasteiger partial charge is 0.478 e. The van der Waals surface area contributed by atoms with Crippen LogP contribution < -0.4 is 5.32 Å². The number of nitrogens with one attached hydrogen (secondary N) is 1. The topological polar surface area (TPSA) is 49.3 Å². The third-order valence-electron chi connectivity index (χ3n) is 3.76. The van der Waals surface area contributed by atoms with E-state index in [0.29, 0.717) is 24.6 Å². The van der Waals surface area contributed by atoms with Crippen LogP contribution in [0.25, 0.3) is 0 Å². The second-order valence-electron chi connectivity index (χ2n) is 5.00. The lowest BCUT2D eigenvalue weighted by atomic mass is 9.88. The highest BCUT2D eigenvalue weighted by Crippen LogP contribution is 2.20. The second-order valence-corrected chi connectivity index (χ2v) is 5.00. The fourth-order valence-corrected chi connectivity index (χ4v) is 2.60. The molecule has 1 unspecified atom stereocenters. The van der Waals surface area contributed by atoms with Crippen LogP contribution in [0.3, 0.4) is 0 Å². The van der Waals surface area contributed by atoms with Crippen molar-refractivity contribution < 1.29 is 9.90 Å².